The second-order valence-corrected chi connectivity index (χ2v) is 1.86. The molecular formula is C6H11NO. The minimum absolute atomic E-state index is 0.184. The number of rotatable bonds is 1. The molecule has 1 rings (SSSR count). The molecule has 2 heteroatoms. The predicted molar refractivity (Wildman–Crippen MR) is 32.6 cm³/mol. The van der Waals surface area contributed by atoms with E-state index in [0.29, 0.717) is 6.54 Å². The van der Waals surface area contributed by atoms with E-state index in [9.17, 15) is 0 Å². The van der Waals surface area contributed by atoms with Crippen LogP contribution in [-0.2, 0) is 4.74 Å². The van der Waals surface area contributed by atoms with Gasteiger partial charge in [0.15, 0.2) is 0 Å². The third-order valence-corrected chi connectivity index (χ3v) is 1.20. The summed E-state index contributed by atoms with van der Waals surface area (Å²) >= 11 is 0. The third kappa shape index (κ3) is 1.32. The molecule has 1 unspecified atom stereocenters. The predicted octanol–water partition coefficient (Wildman–Crippen LogP) is 0.290. The van der Waals surface area contributed by atoms with E-state index in [1.165, 1.54) is 0 Å². The highest BCUT2D eigenvalue weighted by Crippen LogP contribution is 2.01. The molecule has 1 atom stereocenters. The summed E-state index contributed by atoms with van der Waals surface area (Å²) in [5, 5.41) is 0. The Morgan fingerprint density at radius 2 is 2.62 bits per heavy atom. The molecule has 0 aromatic rings. The lowest BCUT2D eigenvalue weighted by molar-refractivity contribution is 0.0857. The molecule has 0 fully saturated rings. The Balaban J connectivity index is 2.32. The van der Waals surface area contributed by atoms with Gasteiger partial charge >= 0.3 is 0 Å². The van der Waals surface area contributed by atoms with Gasteiger partial charge in [0.25, 0.3) is 0 Å². The molecule has 0 amide bonds. The largest absolute Gasteiger partial charge is 0.373 e. The maximum absolute atomic E-state index is 5.33. The third-order valence-electron chi connectivity index (χ3n) is 1.20. The maximum Gasteiger partial charge on any atom is 0.0878 e. The summed E-state index contributed by atoms with van der Waals surface area (Å²) in [6, 6.07) is 0. The van der Waals surface area contributed by atoms with Gasteiger partial charge in [-0.1, -0.05) is 12.2 Å². The Morgan fingerprint density at radius 3 is 3.00 bits per heavy atom. The van der Waals surface area contributed by atoms with Crippen LogP contribution in [0.5, 0.6) is 0 Å². The van der Waals surface area contributed by atoms with E-state index >= 15 is 0 Å². The van der Waals surface area contributed by atoms with Gasteiger partial charge in [-0.15, -0.1) is 0 Å². The number of hydrogen-bond donors (Lipinski definition) is 1. The Labute approximate surface area is 49.3 Å². The van der Waals surface area contributed by atoms with E-state index in [0.717, 1.165) is 13.0 Å². The van der Waals surface area contributed by atoms with Crippen LogP contribution in [-0.4, -0.2) is 19.3 Å². The minimum atomic E-state index is 0.184. The normalized spacial score (nSPS) is 28.4. The molecule has 2 N–H and O–H groups in total. The average Bonchev–Trinajstić information content (AvgIpc) is 1.90. The van der Waals surface area contributed by atoms with Crippen molar-refractivity contribution in [3.8, 4) is 0 Å². The van der Waals surface area contributed by atoms with Crippen LogP contribution in [0.2, 0.25) is 0 Å². The van der Waals surface area contributed by atoms with Gasteiger partial charge in [0.2, 0.25) is 0 Å². The standard InChI is InChI=1S/C6H11NO/c7-5-6-3-1-2-4-8-6/h1,3,6H,2,4-5,7H2. The molecule has 8 heavy (non-hydrogen) atoms. The lowest BCUT2D eigenvalue weighted by Crippen LogP contribution is -2.23. The van der Waals surface area contributed by atoms with Crippen molar-refractivity contribution < 1.29 is 4.74 Å². The summed E-state index contributed by atoms with van der Waals surface area (Å²) < 4.78 is 5.22. The Bertz CT molecular complexity index is 90.5. The highest BCUT2D eigenvalue weighted by atomic mass is 16.5. The SMILES string of the molecule is NCC1C=CCCO1. The second kappa shape index (κ2) is 2.84. The first-order chi connectivity index (χ1) is 3.93. The van der Waals surface area contributed by atoms with Crippen molar-refractivity contribution >= 4 is 0 Å². The molecule has 2 nitrogen and oxygen atoms in total. The van der Waals surface area contributed by atoms with E-state index < -0.39 is 0 Å². The van der Waals surface area contributed by atoms with Crippen molar-refractivity contribution in [2.75, 3.05) is 13.2 Å². The van der Waals surface area contributed by atoms with Crippen LogP contribution in [0.15, 0.2) is 12.2 Å². The van der Waals surface area contributed by atoms with Gasteiger partial charge in [0, 0.05) is 6.54 Å². The highest BCUT2D eigenvalue weighted by Gasteiger charge is 2.03. The molecule has 1 heterocycles. The molecular weight excluding hydrogens is 102 g/mol. The summed E-state index contributed by atoms with van der Waals surface area (Å²) in [4.78, 5) is 0. The monoisotopic (exact) mass is 113 g/mol. The summed E-state index contributed by atoms with van der Waals surface area (Å²) in [5.41, 5.74) is 5.33. The smallest absolute Gasteiger partial charge is 0.0878 e. The second-order valence-electron chi connectivity index (χ2n) is 1.86. The van der Waals surface area contributed by atoms with Crippen LogP contribution in [0.25, 0.3) is 0 Å². The number of nitrogens with two attached hydrogens (primary N) is 1. The molecule has 1 aliphatic heterocycles. The van der Waals surface area contributed by atoms with Crippen LogP contribution in [0, 0.1) is 0 Å². The highest BCUT2D eigenvalue weighted by molar-refractivity contribution is 4.93. The first kappa shape index (κ1) is 5.79. The summed E-state index contributed by atoms with van der Waals surface area (Å²) in [7, 11) is 0. The maximum atomic E-state index is 5.33. The van der Waals surface area contributed by atoms with Crippen LogP contribution in [0.1, 0.15) is 6.42 Å². The minimum Gasteiger partial charge on any atom is -0.373 e. The molecule has 1 aliphatic rings. The zero-order valence-electron chi connectivity index (χ0n) is 4.84. The fourth-order valence-electron chi connectivity index (χ4n) is 0.738. The van der Waals surface area contributed by atoms with E-state index in [4.69, 9.17) is 10.5 Å². The molecule has 46 valence electrons. The molecule has 0 saturated carbocycles. The Kier molecular flexibility index (Phi) is 2.06. The first-order valence-corrected chi connectivity index (χ1v) is 2.92. The quantitative estimate of drug-likeness (QED) is 0.496. The lowest BCUT2D eigenvalue weighted by Gasteiger charge is -2.14. The van der Waals surface area contributed by atoms with Crippen molar-refractivity contribution in [3.05, 3.63) is 12.2 Å². The molecule has 0 bridgehead atoms. The van der Waals surface area contributed by atoms with Gasteiger partial charge in [-0.3, -0.25) is 0 Å². The van der Waals surface area contributed by atoms with Crippen molar-refractivity contribution in [1.29, 1.82) is 0 Å². The number of hydrogen-bond acceptors (Lipinski definition) is 2. The van der Waals surface area contributed by atoms with Crippen molar-refractivity contribution in [2.24, 2.45) is 5.73 Å². The average molecular weight is 113 g/mol. The van der Waals surface area contributed by atoms with Crippen molar-refractivity contribution in [3.63, 3.8) is 0 Å². The Hall–Kier alpha value is -0.340. The van der Waals surface area contributed by atoms with Gasteiger partial charge in [-0.05, 0) is 6.42 Å². The summed E-state index contributed by atoms with van der Waals surface area (Å²) in [5.74, 6) is 0. The molecule has 0 spiro atoms. The zero-order chi connectivity index (χ0) is 5.82. The van der Waals surface area contributed by atoms with E-state index in [1.54, 1.807) is 0 Å². The zero-order valence-corrected chi connectivity index (χ0v) is 4.84. The van der Waals surface area contributed by atoms with Crippen molar-refractivity contribution in [2.45, 2.75) is 12.5 Å². The summed E-state index contributed by atoms with van der Waals surface area (Å²) in [6.45, 7) is 1.44. The Morgan fingerprint density at radius 1 is 1.75 bits per heavy atom. The summed E-state index contributed by atoms with van der Waals surface area (Å²) in [6.07, 6.45) is 5.35. The topological polar surface area (TPSA) is 35.2 Å². The van der Waals surface area contributed by atoms with Gasteiger partial charge in [-0.2, -0.15) is 0 Å². The molecule has 0 aliphatic carbocycles. The molecule has 0 saturated heterocycles. The van der Waals surface area contributed by atoms with Crippen LogP contribution >= 0.6 is 0 Å². The fraction of sp³-hybridized carbons (Fsp3) is 0.667. The molecule has 0 radical (unpaired) electrons. The lowest BCUT2D eigenvalue weighted by atomic mass is 10.2. The van der Waals surface area contributed by atoms with Gasteiger partial charge in [0.05, 0.1) is 12.7 Å². The van der Waals surface area contributed by atoms with E-state index in [1.807, 2.05) is 6.08 Å². The van der Waals surface area contributed by atoms with Crippen LogP contribution in [0.3, 0.4) is 0 Å². The van der Waals surface area contributed by atoms with Gasteiger partial charge in [0.1, 0.15) is 0 Å². The van der Waals surface area contributed by atoms with E-state index in [2.05, 4.69) is 6.08 Å². The van der Waals surface area contributed by atoms with Crippen LogP contribution in [0.4, 0.5) is 0 Å². The van der Waals surface area contributed by atoms with Gasteiger partial charge < -0.3 is 10.5 Å². The van der Waals surface area contributed by atoms with E-state index in [-0.39, 0.29) is 6.10 Å². The first-order valence-electron chi connectivity index (χ1n) is 2.92. The number of ether oxygens (including phenoxy) is 1. The van der Waals surface area contributed by atoms with Crippen molar-refractivity contribution in [1.82, 2.24) is 0 Å². The fourth-order valence-corrected chi connectivity index (χ4v) is 0.738. The van der Waals surface area contributed by atoms with Gasteiger partial charge in [-0.25, -0.2) is 0 Å². The molecule has 0 aromatic carbocycles. The molecule has 0 aromatic heterocycles. The van der Waals surface area contributed by atoms with Crippen LogP contribution < -0.4 is 5.73 Å².